The maximum absolute atomic E-state index is 13.8. The van der Waals surface area contributed by atoms with E-state index in [2.05, 4.69) is 0 Å². The molecule has 0 heterocycles. The zero-order chi connectivity index (χ0) is 14.7. The molecule has 0 aromatic heterocycles. The van der Waals surface area contributed by atoms with Crippen molar-refractivity contribution in [2.24, 2.45) is 5.73 Å². The normalized spacial score (nSPS) is 12.2. The molecule has 1 atom stereocenters. The zero-order valence-corrected chi connectivity index (χ0v) is 10.9. The molecule has 0 saturated carbocycles. The van der Waals surface area contributed by atoms with Crippen molar-refractivity contribution in [2.45, 2.75) is 12.5 Å². The van der Waals surface area contributed by atoms with Gasteiger partial charge in [-0.2, -0.15) is 0 Å². The maximum atomic E-state index is 13.8. The summed E-state index contributed by atoms with van der Waals surface area (Å²) in [7, 11) is 1.41. The molecule has 5 heteroatoms. The fraction of sp³-hybridized carbons (Fsp3) is 0.200. The van der Waals surface area contributed by atoms with Crippen molar-refractivity contribution < 1.29 is 17.9 Å². The number of hydrogen-bond acceptors (Lipinski definition) is 2. The summed E-state index contributed by atoms with van der Waals surface area (Å²) in [6, 6.07) is 6.79. The topological polar surface area (TPSA) is 35.2 Å². The summed E-state index contributed by atoms with van der Waals surface area (Å²) < 4.78 is 45.3. The van der Waals surface area contributed by atoms with Crippen LogP contribution in [0, 0.1) is 17.5 Å². The summed E-state index contributed by atoms with van der Waals surface area (Å²) >= 11 is 0. The van der Waals surface area contributed by atoms with Gasteiger partial charge in [-0.05, 0) is 30.2 Å². The highest BCUT2D eigenvalue weighted by Crippen LogP contribution is 2.29. The summed E-state index contributed by atoms with van der Waals surface area (Å²) in [4.78, 5) is 0. The van der Waals surface area contributed by atoms with Gasteiger partial charge in [0.25, 0.3) is 0 Å². The fourth-order valence-electron chi connectivity index (χ4n) is 2.08. The SMILES string of the molecule is COc1cccc(F)c1C(N)Cc1ccc(F)cc1F. The summed E-state index contributed by atoms with van der Waals surface area (Å²) in [5, 5.41) is 0. The molecule has 2 nitrogen and oxygen atoms in total. The van der Waals surface area contributed by atoms with Crippen LogP contribution in [0.1, 0.15) is 17.2 Å². The molecule has 0 aliphatic rings. The number of nitrogens with two attached hydrogens (primary N) is 1. The van der Waals surface area contributed by atoms with Crippen molar-refractivity contribution in [3.05, 3.63) is 65.0 Å². The summed E-state index contributed by atoms with van der Waals surface area (Å²) in [6.45, 7) is 0. The molecule has 106 valence electrons. The van der Waals surface area contributed by atoms with Crippen LogP contribution in [0.4, 0.5) is 13.2 Å². The van der Waals surface area contributed by atoms with E-state index in [0.29, 0.717) is 5.75 Å². The lowest BCUT2D eigenvalue weighted by atomic mass is 9.98. The molecule has 0 aliphatic heterocycles. The van der Waals surface area contributed by atoms with Crippen LogP contribution < -0.4 is 10.5 Å². The minimum atomic E-state index is -0.786. The Balaban J connectivity index is 2.30. The quantitative estimate of drug-likeness (QED) is 0.932. The Labute approximate surface area is 115 Å². The van der Waals surface area contributed by atoms with Gasteiger partial charge >= 0.3 is 0 Å². The molecule has 0 spiro atoms. The largest absolute Gasteiger partial charge is 0.496 e. The molecule has 2 aromatic rings. The molecular weight excluding hydrogens is 267 g/mol. The van der Waals surface area contributed by atoms with E-state index in [0.717, 1.165) is 12.1 Å². The Hall–Kier alpha value is -2.01. The van der Waals surface area contributed by atoms with Gasteiger partial charge < -0.3 is 10.5 Å². The number of methoxy groups -OCH3 is 1. The second kappa shape index (κ2) is 5.96. The molecule has 1 unspecified atom stereocenters. The van der Waals surface area contributed by atoms with Crippen LogP contribution >= 0.6 is 0 Å². The molecular formula is C15H14F3NO. The first-order chi connectivity index (χ1) is 9.52. The highest BCUT2D eigenvalue weighted by molar-refractivity contribution is 5.38. The molecule has 2 N–H and O–H groups in total. The minimum absolute atomic E-state index is 0.0450. The molecule has 2 rings (SSSR count). The minimum Gasteiger partial charge on any atom is -0.496 e. The lowest BCUT2D eigenvalue weighted by Crippen LogP contribution is -2.17. The molecule has 0 fully saturated rings. The predicted molar refractivity (Wildman–Crippen MR) is 69.9 cm³/mol. The molecule has 0 radical (unpaired) electrons. The van der Waals surface area contributed by atoms with E-state index in [9.17, 15) is 13.2 Å². The van der Waals surface area contributed by atoms with Gasteiger partial charge in [0.2, 0.25) is 0 Å². The van der Waals surface area contributed by atoms with Gasteiger partial charge in [-0.3, -0.25) is 0 Å². The summed E-state index contributed by atoms with van der Waals surface area (Å²) in [6.07, 6.45) is 0.0450. The van der Waals surface area contributed by atoms with Crippen molar-refractivity contribution in [1.29, 1.82) is 0 Å². The number of hydrogen-bond donors (Lipinski definition) is 1. The maximum Gasteiger partial charge on any atom is 0.131 e. The summed E-state index contributed by atoms with van der Waals surface area (Å²) in [5.74, 6) is -1.57. The second-order valence-corrected chi connectivity index (χ2v) is 4.40. The van der Waals surface area contributed by atoms with E-state index in [4.69, 9.17) is 10.5 Å². The van der Waals surface area contributed by atoms with Crippen molar-refractivity contribution >= 4 is 0 Å². The van der Waals surface area contributed by atoms with Crippen LogP contribution in [0.2, 0.25) is 0 Å². The average Bonchev–Trinajstić information content (AvgIpc) is 2.41. The Morgan fingerprint density at radius 2 is 1.85 bits per heavy atom. The fourth-order valence-corrected chi connectivity index (χ4v) is 2.08. The number of ether oxygens (including phenoxy) is 1. The first kappa shape index (κ1) is 14.4. The molecule has 0 bridgehead atoms. The van der Waals surface area contributed by atoms with Crippen molar-refractivity contribution in [3.63, 3.8) is 0 Å². The van der Waals surface area contributed by atoms with Crippen LogP contribution in [0.25, 0.3) is 0 Å². The zero-order valence-electron chi connectivity index (χ0n) is 10.9. The average molecular weight is 281 g/mol. The van der Waals surface area contributed by atoms with Crippen molar-refractivity contribution in [1.82, 2.24) is 0 Å². The second-order valence-electron chi connectivity index (χ2n) is 4.40. The molecule has 2 aromatic carbocycles. The van der Waals surface area contributed by atoms with Crippen molar-refractivity contribution in [2.75, 3.05) is 7.11 Å². The lowest BCUT2D eigenvalue weighted by Gasteiger charge is -2.17. The van der Waals surface area contributed by atoms with Gasteiger partial charge in [0.1, 0.15) is 23.2 Å². The smallest absolute Gasteiger partial charge is 0.131 e. The Morgan fingerprint density at radius 3 is 2.50 bits per heavy atom. The monoisotopic (exact) mass is 281 g/mol. The molecule has 0 saturated heterocycles. The predicted octanol–water partition coefficient (Wildman–Crippen LogP) is 3.36. The molecule has 0 amide bonds. The van der Waals surface area contributed by atoms with E-state index in [1.54, 1.807) is 6.07 Å². The lowest BCUT2D eigenvalue weighted by molar-refractivity contribution is 0.398. The highest BCUT2D eigenvalue weighted by atomic mass is 19.1. The standard InChI is InChI=1S/C15H14F3NO/c1-20-14-4-2-3-11(17)15(14)13(19)7-9-5-6-10(16)8-12(9)18/h2-6,8,13H,7,19H2,1H3. The number of benzene rings is 2. The third kappa shape index (κ3) is 2.93. The number of rotatable bonds is 4. The van der Waals surface area contributed by atoms with E-state index in [-0.39, 0.29) is 17.5 Å². The van der Waals surface area contributed by atoms with Crippen LogP contribution in [0.15, 0.2) is 36.4 Å². The van der Waals surface area contributed by atoms with Gasteiger partial charge in [0, 0.05) is 17.7 Å². The van der Waals surface area contributed by atoms with Gasteiger partial charge in [-0.15, -0.1) is 0 Å². The van der Waals surface area contributed by atoms with Crippen molar-refractivity contribution in [3.8, 4) is 5.75 Å². The van der Waals surface area contributed by atoms with Crippen LogP contribution in [-0.4, -0.2) is 7.11 Å². The van der Waals surface area contributed by atoms with E-state index < -0.39 is 23.5 Å². The van der Waals surface area contributed by atoms with Crippen LogP contribution in [-0.2, 0) is 6.42 Å². The third-order valence-electron chi connectivity index (χ3n) is 3.06. The highest BCUT2D eigenvalue weighted by Gasteiger charge is 2.18. The van der Waals surface area contributed by atoms with Crippen LogP contribution in [0.3, 0.4) is 0 Å². The van der Waals surface area contributed by atoms with Gasteiger partial charge in [-0.1, -0.05) is 12.1 Å². The van der Waals surface area contributed by atoms with Crippen LogP contribution in [0.5, 0.6) is 5.75 Å². The third-order valence-corrected chi connectivity index (χ3v) is 3.06. The van der Waals surface area contributed by atoms with E-state index in [1.807, 2.05) is 0 Å². The Kier molecular flexibility index (Phi) is 4.29. The van der Waals surface area contributed by atoms with E-state index >= 15 is 0 Å². The summed E-state index contributed by atoms with van der Waals surface area (Å²) in [5.41, 5.74) is 6.34. The van der Waals surface area contributed by atoms with E-state index in [1.165, 1.54) is 25.3 Å². The van der Waals surface area contributed by atoms with Gasteiger partial charge in [0.15, 0.2) is 0 Å². The molecule has 0 aliphatic carbocycles. The Bertz CT molecular complexity index is 616. The molecule has 20 heavy (non-hydrogen) atoms. The first-order valence-electron chi connectivity index (χ1n) is 6.05. The van der Waals surface area contributed by atoms with Gasteiger partial charge in [0.05, 0.1) is 7.11 Å². The first-order valence-corrected chi connectivity index (χ1v) is 6.05. The van der Waals surface area contributed by atoms with Gasteiger partial charge in [-0.25, -0.2) is 13.2 Å². The number of halogens is 3. The Morgan fingerprint density at radius 1 is 1.10 bits per heavy atom.